The van der Waals surface area contributed by atoms with Crippen molar-refractivity contribution in [1.29, 1.82) is 0 Å². The molecule has 0 spiro atoms. The average molecular weight is 580 g/mol. The lowest BCUT2D eigenvalue weighted by Crippen LogP contribution is -2.50. The van der Waals surface area contributed by atoms with Gasteiger partial charge in [-0.05, 0) is 77.0 Å². The van der Waals surface area contributed by atoms with E-state index in [9.17, 15) is 4.21 Å². The third kappa shape index (κ3) is 10.4. The summed E-state index contributed by atoms with van der Waals surface area (Å²) in [6.07, 6.45) is 2.83. The van der Waals surface area contributed by atoms with Crippen LogP contribution in [0, 0.1) is 0 Å². The Balaban J connectivity index is 0.000000306. The third-order valence-corrected chi connectivity index (χ3v) is 13.0. The van der Waals surface area contributed by atoms with Crippen LogP contribution in [0.5, 0.6) is 0 Å². The zero-order chi connectivity index (χ0) is 29.5. The number of hydrogen-bond donors (Lipinski definition) is 1. The minimum absolute atomic E-state index is 0.266. The van der Waals surface area contributed by atoms with E-state index in [-0.39, 0.29) is 17.2 Å². The minimum Gasteiger partial charge on any atom is -0.411 e. The molecule has 3 heterocycles. The molecule has 220 valence electrons. The molecule has 1 unspecified atom stereocenters. The van der Waals surface area contributed by atoms with E-state index in [0.717, 1.165) is 11.4 Å². The van der Waals surface area contributed by atoms with Crippen LogP contribution in [-0.2, 0) is 36.2 Å². The second kappa shape index (κ2) is 13.9. The molecule has 0 radical (unpaired) electrons. The SMILES string of the molecule is CC(C)(C)[Si](C)(C)OCc1ccccn1.CO[C@@H](c1ccccn1)[C@@H](NS(=O)C(C)(C)C)[C@H]1COC(C)(C)O1. The van der Waals surface area contributed by atoms with Crippen LogP contribution in [0.15, 0.2) is 48.8 Å². The predicted molar refractivity (Wildman–Crippen MR) is 160 cm³/mol. The van der Waals surface area contributed by atoms with Crippen LogP contribution in [0.25, 0.3) is 0 Å². The molecule has 39 heavy (non-hydrogen) atoms. The molecule has 0 aromatic carbocycles. The summed E-state index contributed by atoms with van der Waals surface area (Å²) in [5, 5.41) is 0.266. The summed E-state index contributed by atoms with van der Waals surface area (Å²) in [7, 11) is -1.29. The number of nitrogens with zero attached hydrogens (tertiary/aromatic N) is 2. The Hall–Kier alpha value is -1.53. The van der Waals surface area contributed by atoms with Crippen LogP contribution in [0.4, 0.5) is 0 Å². The van der Waals surface area contributed by atoms with Gasteiger partial charge >= 0.3 is 0 Å². The van der Waals surface area contributed by atoms with E-state index in [2.05, 4.69) is 48.6 Å². The number of rotatable bonds is 9. The van der Waals surface area contributed by atoms with E-state index >= 15 is 0 Å². The van der Waals surface area contributed by atoms with Gasteiger partial charge in [-0.1, -0.05) is 32.9 Å². The maximum absolute atomic E-state index is 12.7. The molecule has 3 rings (SSSR count). The largest absolute Gasteiger partial charge is 0.411 e. The number of hydrogen-bond acceptors (Lipinski definition) is 7. The normalized spacial score (nSPS) is 20.0. The topological polar surface area (TPSA) is 91.8 Å². The van der Waals surface area contributed by atoms with E-state index in [1.807, 2.05) is 77.2 Å². The van der Waals surface area contributed by atoms with Gasteiger partial charge in [0.05, 0.1) is 46.4 Å². The minimum atomic E-state index is -1.63. The Morgan fingerprint density at radius 1 is 1.08 bits per heavy atom. The van der Waals surface area contributed by atoms with Gasteiger partial charge in [0, 0.05) is 19.5 Å². The zero-order valence-electron chi connectivity index (χ0n) is 25.6. The lowest BCUT2D eigenvalue weighted by atomic mass is 10.0. The molecule has 1 fully saturated rings. The van der Waals surface area contributed by atoms with Crippen LogP contribution >= 0.6 is 0 Å². The first-order valence-electron chi connectivity index (χ1n) is 13.4. The summed E-state index contributed by atoms with van der Waals surface area (Å²) in [6, 6.07) is 11.2. The summed E-state index contributed by atoms with van der Waals surface area (Å²) in [5.41, 5.74) is 1.78. The fourth-order valence-corrected chi connectivity index (χ4v) is 5.29. The fraction of sp³-hybridized carbons (Fsp3) is 0.655. The van der Waals surface area contributed by atoms with Crippen molar-refractivity contribution >= 4 is 19.3 Å². The molecule has 0 bridgehead atoms. The zero-order valence-corrected chi connectivity index (χ0v) is 27.4. The number of nitrogens with one attached hydrogen (secondary N) is 1. The lowest BCUT2D eigenvalue weighted by Gasteiger charge is -2.36. The van der Waals surface area contributed by atoms with Gasteiger partial charge in [0.2, 0.25) is 0 Å². The maximum Gasteiger partial charge on any atom is 0.192 e. The first-order chi connectivity index (χ1) is 18.0. The van der Waals surface area contributed by atoms with Gasteiger partial charge in [-0.15, -0.1) is 0 Å². The monoisotopic (exact) mass is 579 g/mol. The summed E-state index contributed by atoms with van der Waals surface area (Å²) in [6.45, 7) is 21.8. The van der Waals surface area contributed by atoms with Crippen molar-refractivity contribution in [2.75, 3.05) is 13.7 Å². The molecule has 1 saturated heterocycles. The summed E-state index contributed by atoms with van der Waals surface area (Å²) < 4.78 is 38.9. The summed E-state index contributed by atoms with van der Waals surface area (Å²) in [5.74, 6) is -0.670. The van der Waals surface area contributed by atoms with Gasteiger partial charge in [-0.3, -0.25) is 9.97 Å². The first kappa shape index (κ1) is 33.7. The molecule has 1 N–H and O–H groups in total. The second-order valence-electron chi connectivity index (χ2n) is 12.7. The number of pyridine rings is 2. The molecule has 2 aromatic heterocycles. The number of ether oxygens (including phenoxy) is 3. The van der Waals surface area contributed by atoms with Crippen LogP contribution < -0.4 is 4.72 Å². The first-order valence-corrected chi connectivity index (χ1v) is 17.5. The van der Waals surface area contributed by atoms with Crippen LogP contribution in [0.3, 0.4) is 0 Å². The Morgan fingerprint density at radius 2 is 1.69 bits per heavy atom. The van der Waals surface area contributed by atoms with Crippen molar-refractivity contribution in [3.63, 3.8) is 0 Å². The van der Waals surface area contributed by atoms with Crippen molar-refractivity contribution in [1.82, 2.24) is 14.7 Å². The van der Waals surface area contributed by atoms with Gasteiger partial charge in [-0.2, -0.15) is 0 Å². The molecule has 0 amide bonds. The standard InChI is InChI=1S/C17H28N2O4S.C12H21NOSi/c1-16(2,3)24(20)19-14(13-11-22-17(4,5)23-13)15(21-6)12-9-7-8-10-18-12;1-12(2,3)15(4,5)14-10-11-8-6-7-9-13-11/h7-10,13-15,19H,11H2,1-6H3;6-9H,10H2,1-5H3/t13-,14+,15+,24?;/m1./s1. The Bertz CT molecular complexity index is 1030. The molecular formula is C29H49N3O5SSi. The highest BCUT2D eigenvalue weighted by Crippen LogP contribution is 2.37. The summed E-state index contributed by atoms with van der Waals surface area (Å²) in [4.78, 5) is 8.65. The van der Waals surface area contributed by atoms with Crippen molar-refractivity contribution in [2.24, 2.45) is 0 Å². The van der Waals surface area contributed by atoms with E-state index in [1.54, 1.807) is 13.3 Å². The Kier molecular flexibility index (Phi) is 12.0. The van der Waals surface area contributed by atoms with E-state index in [1.165, 1.54) is 0 Å². The van der Waals surface area contributed by atoms with Gasteiger partial charge in [0.25, 0.3) is 0 Å². The molecular weight excluding hydrogens is 530 g/mol. The van der Waals surface area contributed by atoms with Crippen LogP contribution in [0.1, 0.15) is 72.9 Å². The van der Waals surface area contributed by atoms with E-state index < -0.39 is 35.9 Å². The molecule has 8 nitrogen and oxygen atoms in total. The Morgan fingerprint density at radius 3 is 2.13 bits per heavy atom. The second-order valence-corrected chi connectivity index (χ2v) is 19.5. The smallest absolute Gasteiger partial charge is 0.192 e. The van der Waals surface area contributed by atoms with Crippen molar-refractivity contribution in [3.05, 3.63) is 60.2 Å². The van der Waals surface area contributed by atoms with Gasteiger partial charge in [-0.25, -0.2) is 8.93 Å². The maximum atomic E-state index is 12.7. The van der Waals surface area contributed by atoms with Crippen LogP contribution in [0.2, 0.25) is 18.1 Å². The van der Waals surface area contributed by atoms with Gasteiger partial charge < -0.3 is 18.6 Å². The molecule has 10 heteroatoms. The van der Waals surface area contributed by atoms with Crippen molar-refractivity contribution in [3.8, 4) is 0 Å². The lowest BCUT2D eigenvalue weighted by molar-refractivity contribution is -0.145. The van der Waals surface area contributed by atoms with E-state index in [4.69, 9.17) is 18.6 Å². The molecule has 0 saturated carbocycles. The fourth-order valence-electron chi connectivity index (χ4n) is 3.48. The number of aromatic nitrogens is 2. The molecule has 1 aliphatic rings. The van der Waals surface area contributed by atoms with Gasteiger partial charge in [0.1, 0.15) is 12.2 Å². The molecule has 2 aromatic rings. The molecule has 4 atom stereocenters. The third-order valence-electron chi connectivity index (χ3n) is 6.90. The quantitative estimate of drug-likeness (QED) is 0.367. The highest BCUT2D eigenvalue weighted by Gasteiger charge is 2.43. The van der Waals surface area contributed by atoms with E-state index in [0.29, 0.717) is 13.2 Å². The van der Waals surface area contributed by atoms with Crippen LogP contribution in [-0.4, -0.2) is 58.9 Å². The van der Waals surface area contributed by atoms with Crippen molar-refractivity contribution < 1.29 is 22.8 Å². The van der Waals surface area contributed by atoms with Gasteiger partial charge in [0.15, 0.2) is 14.1 Å². The number of methoxy groups -OCH3 is 1. The predicted octanol–water partition coefficient (Wildman–Crippen LogP) is 5.94. The van der Waals surface area contributed by atoms with Crippen molar-refractivity contribution in [2.45, 2.75) is 109 Å². The average Bonchev–Trinajstić information content (AvgIpc) is 3.22. The summed E-state index contributed by atoms with van der Waals surface area (Å²) >= 11 is 0. The molecule has 0 aliphatic carbocycles. The highest BCUT2D eigenvalue weighted by molar-refractivity contribution is 7.84. The Labute approximate surface area is 239 Å². The highest BCUT2D eigenvalue weighted by atomic mass is 32.2. The molecule has 1 aliphatic heterocycles.